The molecule has 0 aliphatic carbocycles. The van der Waals surface area contributed by atoms with Gasteiger partial charge in [0.1, 0.15) is 12.4 Å². The molecule has 0 aliphatic heterocycles. The predicted molar refractivity (Wildman–Crippen MR) is 101 cm³/mol. The summed E-state index contributed by atoms with van der Waals surface area (Å²) < 4.78 is 5.43. The Morgan fingerprint density at radius 2 is 1.75 bits per heavy atom. The smallest absolute Gasteiger partial charge is 0.234 e. The van der Waals surface area contributed by atoms with Crippen LogP contribution in [0.1, 0.15) is 25.0 Å². The summed E-state index contributed by atoms with van der Waals surface area (Å²) in [5.41, 5.74) is 7.68. The number of carbonyl (C=O) groups excluding carboxylic acids is 1. The van der Waals surface area contributed by atoms with Crippen molar-refractivity contribution in [1.82, 2.24) is 0 Å². The number of rotatable bonds is 6. The van der Waals surface area contributed by atoms with Crippen molar-refractivity contribution in [2.75, 3.05) is 18.5 Å². The van der Waals surface area contributed by atoms with E-state index < -0.39 is 5.41 Å². The van der Waals surface area contributed by atoms with Gasteiger partial charge >= 0.3 is 0 Å². The number of anilines is 1. The topological polar surface area (TPSA) is 64.3 Å². The summed E-state index contributed by atoms with van der Waals surface area (Å²) in [4.78, 5) is 12.7. The lowest BCUT2D eigenvalue weighted by Gasteiger charge is -2.26. The minimum absolute atomic E-state index is 0. The van der Waals surface area contributed by atoms with E-state index in [0.717, 1.165) is 22.6 Å². The van der Waals surface area contributed by atoms with E-state index in [1.807, 2.05) is 69.3 Å². The maximum atomic E-state index is 12.7. The van der Waals surface area contributed by atoms with Crippen LogP contribution >= 0.6 is 12.4 Å². The van der Waals surface area contributed by atoms with Crippen LogP contribution in [0.15, 0.2) is 48.5 Å². The minimum atomic E-state index is -0.611. The number of hydrogen-bond donors (Lipinski definition) is 2. The lowest BCUT2D eigenvalue weighted by molar-refractivity contribution is -0.120. The molecular weight excluding hydrogens is 324 g/mol. The lowest BCUT2D eigenvalue weighted by Crippen LogP contribution is -2.35. The molecule has 0 bridgehead atoms. The zero-order chi connectivity index (χ0) is 16.9. The third kappa shape index (κ3) is 4.73. The summed E-state index contributed by atoms with van der Waals surface area (Å²) in [5, 5.41) is 2.97. The first-order chi connectivity index (χ1) is 10.9. The zero-order valence-electron chi connectivity index (χ0n) is 14.3. The average molecular weight is 349 g/mol. The molecule has 0 spiro atoms. The molecule has 0 aliphatic rings. The molecule has 0 unspecified atom stereocenters. The zero-order valence-corrected chi connectivity index (χ0v) is 15.2. The van der Waals surface area contributed by atoms with E-state index in [2.05, 4.69) is 5.32 Å². The highest BCUT2D eigenvalue weighted by molar-refractivity contribution is 5.98. The Morgan fingerprint density at radius 3 is 2.33 bits per heavy atom. The molecule has 24 heavy (non-hydrogen) atoms. The van der Waals surface area contributed by atoms with Gasteiger partial charge in [-0.05, 0) is 56.2 Å². The van der Waals surface area contributed by atoms with Gasteiger partial charge in [-0.2, -0.15) is 0 Å². The van der Waals surface area contributed by atoms with Crippen LogP contribution in [0.25, 0.3) is 0 Å². The van der Waals surface area contributed by atoms with Crippen LogP contribution in [-0.2, 0) is 10.2 Å². The SMILES string of the molecule is Cc1ccccc1C(C)(C)C(=O)Nc1ccc(OCCN)cc1.Cl. The van der Waals surface area contributed by atoms with Crippen molar-refractivity contribution in [3.8, 4) is 5.75 Å². The molecule has 4 nitrogen and oxygen atoms in total. The molecule has 0 heterocycles. The van der Waals surface area contributed by atoms with Crippen LogP contribution in [0.4, 0.5) is 5.69 Å². The van der Waals surface area contributed by atoms with Gasteiger partial charge in [0.05, 0.1) is 5.41 Å². The van der Waals surface area contributed by atoms with Crippen LogP contribution in [0.3, 0.4) is 0 Å². The third-order valence-electron chi connectivity index (χ3n) is 3.88. The Bertz CT molecular complexity index is 669. The van der Waals surface area contributed by atoms with E-state index in [4.69, 9.17) is 10.5 Å². The summed E-state index contributed by atoms with van der Waals surface area (Å²) in [6.07, 6.45) is 0. The molecule has 1 amide bonds. The third-order valence-corrected chi connectivity index (χ3v) is 3.88. The number of halogens is 1. The van der Waals surface area contributed by atoms with E-state index in [-0.39, 0.29) is 18.3 Å². The highest BCUT2D eigenvalue weighted by Crippen LogP contribution is 2.28. The van der Waals surface area contributed by atoms with Crippen molar-refractivity contribution in [3.63, 3.8) is 0 Å². The van der Waals surface area contributed by atoms with E-state index in [9.17, 15) is 4.79 Å². The number of amides is 1. The van der Waals surface area contributed by atoms with E-state index in [1.54, 1.807) is 0 Å². The summed E-state index contributed by atoms with van der Waals surface area (Å²) in [6, 6.07) is 15.3. The second kappa shape index (κ2) is 8.71. The van der Waals surface area contributed by atoms with Crippen LogP contribution in [-0.4, -0.2) is 19.1 Å². The summed E-state index contributed by atoms with van der Waals surface area (Å²) in [5.74, 6) is 0.703. The second-order valence-electron chi connectivity index (χ2n) is 6.06. The Balaban J connectivity index is 0.00000288. The van der Waals surface area contributed by atoms with E-state index in [1.165, 1.54) is 0 Å². The van der Waals surface area contributed by atoms with Crippen molar-refractivity contribution < 1.29 is 9.53 Å². The van der Waals surface area contributed by atoms with Crippen molar-refractivity contribution in [2.24, 2.45) is 5.73 Å². The van der Waals surface area contributed by atoms with Crippen molar-refractivity contribution in [1.29, 1.82) is 0 Å². The number of ether oxygens (including phenoxy) is 1. The molecule has 0 fully saturated rings. The first-order valence-electron chi connectivity index (χ1n) is 7.75. The largest absolute Gasteiger partial charge is 0.492 e. The summed E-state index contributed by atoms with van der Waals surface area (Å²) >= 11 is 0. The molecule has 0 saturated heterocycles. The van der Waals surface area contributed by atoms with Gasteiger partial charge in [-0.15, -0.1) is 12.4 Å². The fourth-order valence-electron chi connectivity index (χ4n) is 2.50. The second-order valence-corrected chi connectivity index (χ2v) is 6.06. The number of carbonyl (C=O) groups is 1. The molecule has 0 aromatic heterocycles. The molecule has 2 rings (SSSR count). The first kappa shape index (κ1) is 20.0. The lowest BCUT2D eigenvalue weighted by atomic mass is 9.81. The summed E-state index contributed by atoms with van der Waals surface area (Å²) in [6.45, 7) is 6.84. The molecule has 0 radical (unpaired) electrons. The fraction of sp³-hybridized carbons (Fsp3) is 0.316. The van der Waals surface area contributed by atoms with Gasteiger partial charge in [-0.1, -0.05) is 24.3 Å². The van der Waals surface area contributed by atoms with E-state index >= 15 is 0 Å². The number of nitrogens with two attached hydrogens (primary N) is 1. The van der Waals surface area contributed by atoms with Crippen LogP contribution in [0.5, 0.6) is 5.75 Å². The monoisotopic (exact) mass is 348 g/mol. The van der Waals surface area contributed by atoms with E-state index in [0.29, 0.717) is 13.2 Å². The Hall–Kier alpha value is -2.04. The predicted octanol–water partition coefficient (Wildman–Crippen LogP) is 3.67. The number of benzene rings is 2. The normalized spacial score (nSPS) is 10.7. The number of aryl methyl sites for hydroxylation is 1. The molecule has 2 aromatic rings. The number of hydrogen-bond acceptors (Lipinski definition) is 3. The molecule has 0 saturated carbocycles. The molecule has 0 atom stereocenters. The van der Waals surface area contributed by atoms with Gasteiger partial charge < -0.3 is 15.8 Å². The fourth-order valence-corrected chi connectivity index (χ4v) is 2.50. The van der Waals surface area contributed by atoms with Gasteiger partial charge in [-0.25, -0.2) is 0 Å². The van der Waals surface area contributed by atoms with Crippen LogP contribution in [0, 0.1) is 6.92 Å². The van der Waals surface area contributed by atoms with Crippen molar-refractivity contribution >= 4 is 24.0 Å². The Kier molecular flexibility index (Phi) is 7.26. The number of nitrogens with one attached hydrogen (secondary N) is 1. The summed E-state index contributed by atoms with van der Waals surface area (Å²) in [7, 11) is 0. The maximum Gasteiger partial charge on any atom is 0.234 e. The van der Waals surface area contributed by atoms with Gasteiger partial charge in [0.2, 0.25) is 5.91 Å². The molecule has 130 valence electrons. The molecular formula is C19H25ClN2O2. The molecule has 5 heteroatoms. The highest BCUT2D eigenvalue weighted by Gasteiger charge is 2.30. The van der Waals surface area contributed by atoms with Gasteiger partial charge in [-0.3, -0.25) is 4.79 Å². The molecule has 2 aromatic carbocycles. The van der Waals surface area contributed by atoms with Gasteiger partial charge in [0.15, 0.2) is 0 Å². The standard InChI is InChI=1S/C19H24N2O2.ClH/c1-14-6-4-5-7-17(14)19(2,3)18(22)21-15-8-10-16(11-9-15)23-13-12-20;/h4-11H,12-13,20H2,1-3H3,(H,21,22);1H. The maximum absolute atomic E-state index is 12.7. The Labute approximate surface area is 149 Å². The van der Waals surface area contributed by atoms with Crippen LogP contribution in [0.2, 0.25) is 0 Å². The van der Waals surface area contributed by atoms with Crippen LogP contribution < -0.4 is 15.8 Å². The minimum Gasteiger partial charge on any atom is -0.492 e. The quantitative estimate of drug-likeness (QED) is 0.837. The van der Waals surface area contributed by atoms with Gasteiger partial charge in [0, 0.05) is 12.2 Å². The van der Waals surface area contributed by atoms with Crippen molar-refractivity contribution in [3.05, 3.63) is 59.7 Å². The first-order valence-corrected chi connectivity index (χ1v) is 7.75. The Morgan fingerprint density at radius 1 is 1.12 bits per heavy atom. The van der Waals surface area contributed by atoms with Gasteiger partial charge in [0.25, 0.3) is 0 Å². The highest BCUT2D eigenvalue weighted by atomic mass is 35.5. The molecule has 3 N–H and O–H groups in total. The average Bonchev–Trinajstić information content (AvgIpc) is 2.54. The van der Waals surface area contributed by atoms with Crippen molar-refractivity contribution in [2.45, 2.75) is 26.2 Å².